The van der Waals surface area contributed by atoms with Crippen molar-refractivity contribution in [3.63, 3.8) is 0 Å². The number of carbonyl (C=O) groups excluding carboxylic acids is 1. The van der Waals surface area contributed by atoms with Crippen LogP contribution in [0.1, 0.15) is 75.8 Å². The second-order valence-corrected chi connectivity index (χ2v) is 17.3. The number of methoxy groups -OCH3 is 3. The smallest absolute Gasteiger partial charge is 0.305 e. The topological polar surface area (TPSA) is 89.0 Å². The zero-order valence-electron chi connectivity index (χ0n) is 36.2. The van der Waals surface area contributed by atoms with Gasteiger partial charge in [-0.05, 0) is 105 Å². The number of pyridine rings is 2. The van der Waals surface area contributed by atoms with Crippen molar-refractivity contribution in [2.24, 2.45) is 0 Å². The van der Waals surface area contributed by atoms with Gasteiger partial charge in [0.1, 0.15) is 36.3 Å². The molecular weight excluding hydrogens is 842 g/mol. The van der Waals surface area contributed by atoms with Crippen molar-refractivity contribution in [1.82, 2.24) is 9.97 Å². The Bertz CT molecular complexity index is 2440. The molecule has 0 amide bonds. The summed E-state index contributed by atoms with van der Waals surface area (Å²) in [6.07, 6.45) is 4.21. The van der Waals surface area contributed by atoms with Crippen LogP contribution in [0.2, 0.25) is 0 Å². The molecule has 0 bridgehead atoms. The fourth-order valence-corrected chi connectivity index (χ4v) is 6.87. The number of halogens is 3. The minimum atomic E-state index is -0.293. The van der Waals surface area contributed by atoms with Crippen molar-refractivity contribution in [1.29, 1.82) is 0 Å². The van der Waals surface area contributed by atoms with Gasteiger partial charge in [0.05, 0.1) is 21.3 Å². The molecule has 61 heavy (non-hydrogen) atoms. The molecule has 6 rings (SSSR count). The Morgan fingerprint density at radius 1 is 0.574 bits per heavy atom. The van der Waals surface area contributed by atoms with E-state index in [1.54, 1.807) is 50.9 Å². The molecule has 0 saturated heterocycles. The molecule has 4 aromatic carbocycles. The first kappa shape index (κ1) is 46.3. The number of ether oxygens (including phenoxy) is 5. The van der Waals surface area contributed by atoms with Gasteiger partial charge in [0.25, 0.3) is 0 Å². The first-order valence-corrected chi connectivity index (χ1v) is 20.6. The number of nitrogens with zero attached hydrogens (tertiary/aromatic N) is 2. The van der Waals surface area contributed by atoms with Crippen LogP contribution in [0.15, 0.2) is 114 Å². The maximum Gasteiger partial charge on any atom is 0.305 e. The average molecular weight is 896 g/mol. The van der Waals surface area contributed by atoms with Gasteiger partial charge in [-0.2, -0.15) is 0 Å². The van der Waals surface area contributed by atoms with Gasteiger partial charge in [0.15, 0.2) is 0 Å². The number of carbonyl (C=O) groups is 1. The fourth-order valence-electron chi connectivity index (χ4n) is 6.56. The first-order valence-electron chi connectivity index (χ1n) is 19.8. The standard InChI is InChI=1S/C27H30FNO4.C23H23BrFNO2/c1-27(2,3)23-14-19(6-9-21(23)22-16-20(31-4)8-10-24(22)28)17-33-25-15-18(12-13-29-25)7-11-26(30)32-5;1-23(2,3)20-11-15(14-28-22-12-16(24)9-10-26-22)5-7-18(20)19-13-17(27-4)6-8-21(19)25/h6,8-10,12-16H,7,11,17H2,1-5H3;5-13H,14H2,1-4H3. The number of aromatic nitrogens is 2. The van der Waals surface area contributed by atoms with Gasteiger partial charge in [0, 0.05) is 46.5 Å². The van der Waals surface area contributed by atoms with E-state index in [2.05, 4.69) is 79.6 Å². The Morgan fingerprint density at radius 3 is 1.49 bits per heavy atom. The predicted molar refractivity (Wildman–Crippen MR) is 239 cm³/mol. The molecule has 0 saturated carbocycles. The molecule has 6 aromatic rings. The van der Waals surface area contributed by atoms with Crippen LogP contribution in [-0.2, 0) is 40.0 Å². The SMILES string of the molecule is COC(=O)CCc1ccnc(OCc2ccc(-c3cc(OC)ccc3F)c(C(C)(C)C)c2)c1.COc1ccc(F)c(-c2ccc(COc3cc(Br)ccn3)cc2C(C)(C)C)c1. The minimum Gasteiger partial charge on any atom is -0.497 e. The van der Waals surface area contributed by atoms with Crippen LogP contribution >= 0.6 is 15.9 Å². The van der Waals surface area contributed by atoms with Gasteiger partial charge in [-0.1, -0.05) is 93.9 Å². The van der Waals surface area contributed by atoms with E-state index in [1.165, 1.54) is 19.2 Å². The average Bonchev–Trinajstić information content (AvgIpc) is 3.24. The van der Waals surface area contributed by atoms with E-state index < -0.39 is 0 Å². The first-order chi connectivity index (χ1) is 29.0. The highest BCUT2D eigenvalue weighted by molar-refractivity contribution is 9.10. The summed E-state index contributed by atoms with van der Waals surface area (Å²) in [5, 5.41) is 0. The Morgan fingerprint density at radius 2 is 1.05 bits per heavy atom. The summed E-state index contributed by atoms with van der Waals surface area (Å²) in [6.45, 7) is 13.3. The third-order valence-electron chi connectivity index (χ3n) is 9.83. The van der Waals surface area contributed by atoms with E-state index in [4.69, 9.17) is 23.7 Å². The summed E-state index contributed by atoms with van der Waals surface area (Å²) in [6, 6.07) is 28.8. The third-order valence-corrected chi connectivity index (χ3v) is 10.3. The number of hydrogen-bond donors (Lipinski definition) is 0. The Hall–Kier alpha value is -5.81. The van der Waals surface area contributed by atoms with Crippen LogP contribution in [0.25, 0.3) is 22.3 Å². The molecule has 0 spiro atoms. The highest BCUT2D eigenvalue weighted by Crippen LogP contribution is 2.38. The lowest BCUT2D eigenvalue weighted by Gasteiger charge is -2.24. The normalized spacial score (nSPS) is 11.3. The summed E-state index contributed by atoms with van der Waals surface area (Å²) in [5.74, 6) is 1.46. The van der Waals surface area contributed by atoms with Crippen LogP contribution in [0.3, 0.4) is 0 Å². The maximum absolute atomic E-state index is 14.7. The van der Waals surface area contributed by atoms with E-state index >= 15 is 0 Å². The lowest BCUT2D eigenvalue weighted by molar-refractivity contribution is -0.140. The number of rotatable bonds is 13. The Balaban J connectivity index is 0.000000234. The van der Waals surface area contributed by atoms with E-state index in [-0.39, 0.29) is 28.4 Å². The van der Waals surface area contributed by atoms with Gasteiger partial charge >= 0.3 is 5.97 Å². The maximum atomic E-state index is 14.7. The molecule has 0 aliphatic carbocycles. The van der Waals surface area contributed by atoms with E-state index in [0.717, 1.165) is 43.4 Å². The molecular formula is C50H53BrF2N2O6. The molecule has 2 heterocycles. The fraction of sp³-hybridized carbons (Fsp3) is 0.300. The number of hydrogen-bond acceptors (Lipinski definition) is 8. The monoisotopic (exact) mass is 894 g/mol. The summed E-state index contributed by atoms with van der Waals surface area (Å²) in [4.78, 5) is 19.9. The van der Waals surface area contributed by atoms with Crippen LogP contribution < -0.4 is 18.9 Å². The van der Waals surface area contributed by atoms with Gasteiger partial charge < -0.3 is 23.7 Å². The quantitative estimate of drug-likeness (QED) is 0.106. The van der Waals surface area contributed by atoms with Gasteiger partial charge in [-0.3, -0.25) is 4.79 Å². The summed E-state index contributed by atoms with van der Waals surface area (Å²) >= 11 is 3.41. The van der Waals surface area contributed by atoms with Crippen molar-refractivity contribution < 1.29 is 37.3 Å². The lowest BCUT2D eigenvalue weighted by Crippen LogP contribution is -2.14. The number of esters is 1. The van der Waals surface area contributed by atoms with Crippen molar-refractivity contribution in [2.75, 3.05) is 21.3 Å². The predicted octanol–water partition coefficient (Wildman–Crippen LogP) is 12.4. The zero-order valence-corrected chi connectivity index (χ0v) is 37.8. The highest BCUT2D eigenvalue weighted by Gasteiger charge is 2.23. The summed E-state index contributed by atoms with van der Waals surface area (Å²) in [5.41, 5.74) is 7.29. The zero-order chi connectivity index (χ0) is 44.3. The second kappa shape index (κ2) is 20.6. The van der Waals surface area contributed by atoms with Gasteiger partial charge in [-0.15, -0.1) is 0 Å². The molecule has 0 N–H and O–H groups in total. The third kappa shape index (κ3) is 12.8. The second-order valence-electron chi connectivity index (χ2n) is 16.4. The van der Waals surface area contributed by atoms with Crippen LogP contribution in [0, 0.1) is 11.6 Å². The Labute approximate surface area is 366 Å². The number of aryl methyl sites for hydroxylation is 1. The molecule has 0 atom stereocenters. The van der Waals surface area contributed by atoms with Gasteiger partial charge in [-0.25, -0.2) is 18.7 Å². The van der Waals surface area contributed by atoms with E-state index in [0.29, 0.717) is 60.4 Å². The van der Waals surface area contributed by atoms with E-state index in [9.17, 15) is 13.6 Å². The van der Waals surface area contributed by atoms with Gasteiger partial charge in [0.2, 0.25) is 11.8 Å². The lowest BCUT2D eigenvalue weighted by atomic mass is 9.81. The molecule has 0 aliphatic rings. The summed E-state index contributed by atoms with van der Waals surface area (Å²) in [7, 11) is 4.53. The van der Waals surface area contributed by atoms with E-state index in [1.807, 2.05) is 48.5 Å². The van der Waals surface area contributed by atoms with Crippen LogP contribution in [-0.4, -0.2) is 37.3 Å². The molecule has 11 heteroatoms. The largest absolute Gasteiger partial charge is 0.497 e. The molecule has 320 valence electrons. The van der Waals surface area contributed by atoms with Crippen molar-refractivity contribution in [3.8, 4) is 45.5 Å². The van der Waals surface area contributed by atoms with Crippen LogP contribution in [0.5, 0.6) is 23.3 Å². The van der Waals surface area contributed by atoms with Crippen molar-refractivity contribution in [3.05, 3.63) is 153 Å². The molecule has 0 fully saturated rings. The Kier molecular flexibility index (Phi) is 15.7. The van der Waals surface area contributed by atoms with Crippen molar-refractivity contribution in [2.45, 2.75) is 78.4 Å². The summed E-state index contributed by atoms with van der Waals surface area (Å²) < 4.78 is 57.2. The minimum absolute atomic E-state index is 0.172. The molecule has 0 radical (unpaired) electrons. The van der Waals surface area contributed by atoms with Crippen LogP contribution in [0.4, 0.5) is 8.78 Å². The van der Waals surface area contributed by atoms with Crippen molar-refractivity contribution >= 4 is 21.9 Å². The molecule has 8 nitrogen and oxygen atoms in total. The number of benzene rings is 4. The molecule has 0 aliphatic heterocycles. The molecule has 0 unspecified atom stereocenters. The molecule has 2 aromatic heterocycles. The highest BCUT2D eigenvalue weighted by atomic mass is 79.9.